The van der Waals surface area contributed by atoms with Gasteiger partial charge in [0.1, 0.15) is 5.78 Å². The number of allylic oxidation sites excluding steroid dienone is 3. The van der Waals surface area contributed by atoms with Crippen molar-refractivity contribution >= 4 is 65.1 Å². The molecule has 2 aromatic heterocycles. The fourth-order valence-electron chi connectivity index (χ4n) is 8.33. The highest BCUT2D eigenvalue weighted by Crippen LogP contribution is 2.41. The Morgan fingerprint density at radius 3 is 2.27 bits per heavy atom. The fraction of sp³-hybridized carbons (Fsp3) is 0.326. The summed E-state index contributed by atoms with van der Waals surface area (Å²) >= 11 is 0. The van der Waals surface area contributed by atoms with Gasteiger partial charge in [-0.05, 0) is 105 Å². The van der Waals surface area contributed by atoms with Gasteiger partial charge in [0.05, 0.1) is 56.8 Å². The number of hydrogen-bond acceptors (Lipinski definition) is 6. The standard InChI is InChI=1S/C43H42F3N5O5/c1-7-28-22(3)32-19-37-29(16-13-26-11-14-27(15-12-26)43(44,45)46)24(5)35-18-33-23(4)30(10-8-9-21(2)52)40(48-33)31(17-38(53)54)41-39(42(55)56)25(6)36(20-34(28)47-32)51(41)49-50(35)37/h11-16,18-20,23,30,49H,7-10,17H2,1-6H3,(H,53,54)(H,55,56)/b16-13+,32-19-,33-18-,34-20?,35-18?,36-20-,37-19?,40-31?,41-31-/t23-,30-/m0/s1. The molecule has 6 heterocycles. The Morgan fingerprint density at radius 1 is 0.929 bits per heavy atom. The van der Waals surface area contributed by atoms with E-state index in [1.807, 2.05) is 56.7 Å². The van der Waals surface area contributed by atoms with Crippen molar-refractivity contribution < 1.29 is 37.8 Å². The Hall–Kier alpha value is -5.98. The van der Waals surface area contributed by atoms with Crippen molar-refractivity contribution in [3.05, 3.63) is 102 Å². The summed E-state index contributed by atoms with van der Waals surface area (Å²) in [5, 5.41) is 21.9. The summed E-state index contributed by atoms with van der Waals surface area (Å²) in [4.78, 5) is 48.2. The van der Waals surface area contributed by atoms with Crippen molar-refractivity contribution in [3.8, 4) is 0 Å². The maximum Gasteiger partial charge on any atom is 0.416 e. The normalized spacial score (nSPS) is 22.1. The lowest BCUT2D eigenvalue weighted by Crippen LogP contribution is -2.42. The number of hydrogen-bond donors (Lipinski definition) is 3. The molecule has 4 aliphatic rings. The molecule has 3 N–H and O–H groups in total. The summed E-state index contributed by atoms with van der Waals surface area (Å²) in [6, 6.07) is 4.90. The van der Waals surface area contributed by atoms with Crippen LogP contribution in [-0.2, 0) is 15.8 Å². The average Bonchev–Trinajstić information content (AvgIpc) is 3.77. The number of benzene rings is 1. The van der Waals surface area contributed by atoms with Gasteiger partial charge < -0.3 is 15.0 Å². The van der Waals surface area contributed by atoms with Gasteiger partial charge in [0.25, 0.3) is 0 Å². The molecule has 56 heavy (non-hydrogen) atoms. The number of alkyl halides is 3. The predicted molar refractivity (Wildman–Crippen MR) is 211 cm³/mol. The molecule has 290 valence electrons. The molecule has 10 nitrogen and oxygen atoms in total. The second-order valence-electron chi connectivity index (χ2n) is 14.8. The molecule has 7 rings (SSSR count). The van der Waals surface area contributed by atoms with E-state index >= 15 is 0 Å². The monoisotopic (exact) mass is 765 g/mol. The number of aromatic nitrogens is 2. The van der Waals surface area contributed by atoms with Crippen molar-refractivity contribution in [1.29, 1.82) is 0 Å². The number of carbonyl (C=O) groups is 3. The van der Waals surface area contributed by atoms with Crippen LogP contribution in [0, 0.1) is 25.7 Å². The van der Waals surface area contributed by atoms with Crippen molar-refractivity contribution in [2.75, 3.05) is 5.53 Å². The molecular weight excluding hydrogens is 723 g/mol. The number of halogens is 3. The first-order valence-corrected chi connectivity index (χ1v) is 18.6. The lowest BCUT2D eigenvalue weighted by molar-refractivity contribution is -0.138. The van der Waals surface area contributed by atoms with E-state index < -0.39 is 30.1 Å². The molecule has 0 saturated carbocycles. The molecule has 2 atom stereocenters. The van der Waals surface area contributed by atoms with E-state index in [9.17, 15) is 37.8 Å². The number of carboxylic acid groups (broad SMARTS) is 2. The lowest BCUT2D eigenvalue weighted by atomic mass is 9.82. The van der Waals surface area contributed by atoms with Gasteiger partial charge in [-0.2, -0.15) is 13.2 Å². The third kappa shape index (κ3) is 6.58. The van der Waals surface area contributed by atoms with Crippen LogP contribution in [0.2, 0.25) is 0 Å². The molecular formula is C43H42F3N5O5. The van der Waals surface area contributed by atoms with Crippen molar-refractivity contribution in [2.24, 2.45) is 21.8 Å². The fourth-order valence-corrected chi connectivity index (χ4v) is 8.33. The van der Waals surface area contributed by atoms with Crippen molar-refractivity contribution in [3.63, 3.8) is 0 Å². The van der Waals surface area contributed by atoms with Crippen LogP contribution in [0.25, 0.3) is 36.0 Å². The van der Waals surface area contributed by atoms with Crippen LogP contribution >= 0.6 is 0 Å². The number of fused-ring (bicyclic) bond motifs is 2. The minimum Gasteiger partial charge on any atom is -0.481 e. The zero-order chi connectivity index (χ0) is 40.4. The number of nitrogens with zero attached hydrogens (tertiary/aromatic N) is 4. The van der Waals surface area contributed by atoms with Crippen LogP contribution in [0.4, 0.5) is 13.2 Å². The first-order chi connectivity index (χ1) is 26.5. The molecule has 0 spiro atoms. The minimum atomic E-state index is -4.47. The molecule has 4 aliphatic heterocycles. The molecule has 13 heteroatoms. The summed E-state index contributed by atoms with van der Waals surface area (Å²) in [6.45, 7) is 11.2. The second-order valence-corrected chi connectivity index (χ2v) is 14.8. The van der Waals surface area contributed by atoms with Gasteiger partial charge in [0.15, 0.2) is 0 Å². The number of aliphatic imine (C=N–C) groups is 2. The number of Topliss-reactive ketones (excluding diaryl/α,β-unsaturated/α-hetero) is 1. The molecule has 0 fully saturated rings. The van der Waals surface area contributed by atoms with Crippen molar-refractivity contribution in [2.45, 2.75) is 79.8 Å². The smallest absolute Gasteiger partial charge is 0.416 e. The number of carboxylic acids is 2. The number of aliphatic carboxylic acids is 1. The van der Waals surface area contributed by atoms with Gasteiger partial charge in [-0.1, -0.05) is 38.1 Å². The maximum atomic E-state index is 13.4. The Kier molecular flexibility index (Phi) is 9.76. The van der Waals surface area contributed by atoms with E-state index in [2.05, 4.69) is 5.53 Å². The summed E-state index contributed by atoms with van der Waals surface area (Å²) in [6.07, 6.45) is 6.35. The topological polar surface area (TPSA) is 138 Å². The molecule has 0 unspecified atom stereocenters. The lowest BCUT2D eigenvalue weighted by Gasteiger charge is -2.20. The Balaban J connectivity index is 1.60. The van der Waals surface area contributed by atoms with Crippen LogP contribution in [0.5, 0.6) is 0 Å². The third-order valence-corrected chi connectivity index (χ3v) is 11.3. The van der Waals surface area contributed by atoms with Crippen LogP contribution in [0.1, 0.15) is 109 Å². The highest BCUT2D eigenvalue weighted by Gasteiger charge is 2.38. The van der Waals surface area contributed by atoms with E-state index in [1.54, 1.807) is 17.7 Å². The minimum absolute atomic E-state index is 0.0325. The van der Waals surface area contributed by atoms with Crippen LogP contribution in [0.3, 0.4) is 0 Å². The highest BCUT2D eigenvalue weighted by atomic mass is 19.4. The van der Waals surface area contributed by atoms with Gasteiger partial charge in [0.2, 0.25) is 0 Å². The number of ketones is 1. The van der Waals surface area contributed by atoms with Gasteiger partial charge in [-0.25, -0.2) is 24.7 Å². The quantitative estimate of drug-likeness (QED) is 0.195. The SMILES string of the molecule is CCC1=C(C)/C2=C/c3c(/C=C/c4ccc(C(F)(F)F)cc4)c(C)c4n3Nn3/c(c(C)c(C(=O)O)/c3=C(\CC(=O)O)C3=N/C(=C\4)[C@@H](C)[C@@H]3CCCC(C)=O)=C\C1=N2. The van der Waals surface area contributed by atoms with E-state index in [0.717, 1.165) is 34.4 Å². The number of aromatic carboxylic acids is 1. The van der Waals surface area contributed by atoms with Gasteiger partial charge in [-0.3, -0.25) is 9.79 Å². The van der Waals surface area contributed by atoms with E-state index in [-0.39, 0.29) is 34.1 Å². The molecule has 0 amide bonds. The number of rotatable bonds is 10. The predicted octanol–water partition coefficient (Wildman–Crippen LogP) is 7.56. The highest BCUT2D eigenvalue weighted by molar-refractivity contribution is 6.25. The summed E-state index contributed by atoms with van der Waals surface area (Å²) in [7, 11) is 0. The largest absolute Gasteiger partial charge is 0.481 e. The zero-order valence-corrected chi connectivity index (χ0v) is 31.9. The maximum absolute atomic E-state index is 13.4. The summed E-state index contributed by atoms with van der Waals surface area (Å²) < 4.78 is 43.6. The van der Waals surface area contributed by atoms with E-state index in [4.69, 9.17) is 9.98 Å². The first kappa shape index (κ1) is 38.3. The summed E-state index contributed by atoms with van der Waals surface area (Å²) in [5.74, 6) is -2.91. The van der Waals surface area contributed by atoms with Crippen LogP contribution in [-0.4, -0.2) is 48.7 Å². The van der Waals surface area contributed by atoms with E-state index in [1.165, 1.54) is 19.1 Å². The molecule has 0 aliphatic carbocycles. The molecule has 3 aromatic rings. The summed E-state index contributed by atoms with van der Waals surface area (Å²) in [5.41, 5.74) is 11.1. The van der Waals surface area contributed by atoms with Gasteiger partial charge in [-0.15, -0.1) is 0 Å². The van der Waals surface area contributed by atoms with Crippen molar-refractivity contribution in [1.82, 2.24) is 9.35 Å². The average molecular weight is 766 g/mol. The molecule has 6 bridgehead atoms. The number of nitrogens with one attached hydrogen (secondary N) is 1. The van der Waals surface area contributed by atoms with Gasteiger partial charge >= 0.3 is 18.1 Å². The van der Waals surface area contributed by atoms with Crippen LogP contribution in [0.15, 0.2) is 56.8 Å². The first-order valence-electron chi connectivity index (χ1n) is 18.6. The second kappa shape index (κ2) is 14.3. The Bertz CT molecular complexity index is 2560. The molecule has 0 saturated heterocycles. The Labute approximate surface area is 321 Å². The molecule has 0 radical (unpaired) electrons. The van der Waals surface area contributed by atoms with Gasteiger partial charge in [0, 0.05) is 35.1 Å². The third-order valence-electron chi connectivity index (χ3n) is 11.3. The van der Waals surface area contributed by atoms with E-state index in [0.29, 0.717) is 76.4 Å². The van der Waals surface area contributed by atoms with Crippen LogP contribution < -0.4 is 16.2 Å². The zero-order valence-electron chi connectivity index (χ0n) is 31.9. The Morgan fingerprint density at radius 2 is 1.64 bits per heavy atom. The number of carbonyl (C=O) groups excluding carboxylic acids is 1. The molecule has 1 aromatic carbocycles.